The van der Waals surface area contributed by atoms with Crippen LogP contribution in [-0.4, -0.2) is 41.1 Å². The Labute approximate surface area is 218 Å². The van der Waals surface area contributed by atoms with Gasteiger partial charge < -0.3 is 20.2 Å². The molecule has 0 saturated carbocycles. The van der Waals surface area contributed by atoms with Crippen molar-refractivity contribution in [2.75, 3.05) is 31.1 Å². The third kappa shape index (κ3) is 4.45. The molecule has 8 heteroatoms. The maximum atomic E-state index is 14.8. The largest absolute Gasteiger partial charge is 0.370 e. The molecule has 1 aliphatic heterocycles. The Morgan fingerprint density at radius 1 is 1.03 bits per heavy atom. The monoisotopic (exact) mass is 513 g/mol. The molecule has 0 aliphatic carbocycles. The number of hydrogen-bond donors (Lipinski definition) is 3. The van der Waals surface area contributed by atoms with Crippen molar-refractivity contribution in [2.45, 2.75) is 20.3 Å². The number of aryl methyl sites for hydroxylation is 1. The lowest BCUT2D eigenvalue weighted by molar-refractivity contribution is 0.387. The second-order valence-corrected chi connectivity index (χ2v) is 10.2. The van der Waals surface area contributed by atoms with E-state index in [1.165, 1.54) is 12.1 Å². The lowest BCUT2D eigenvalue weighted by Gasteiger charge is -2.42. The van der Waals surface area contributed by atoms with Crippen LogP contribution in [0.2, 0.25) is 0 Å². The van der Waals surface area contributed by atoms with Crippen LogP contribution in [0.5, 0.6) is 0 Å². The molecule has 0 atom stereocenters. The fourth-order valence-electron chi connectivity index (χ4n) is 5.43. The molecule has 0 bridgehead atoms. The van der Waals surface area contributed by atoms with E-state index in [2.05, 4.69) is 27.1 Å². The molecule has 38 heavy (non-hydrogen) atoms. The first-order valence-corrected chi connectivity index (χ1v) is 13.0. The first-order valence-electron chi connectivity index (χ1n) is 13.0. The highest BCUT2D eigenvalue weighted by Crippen LogP contribution is 2.41. The van der Waals surface area contributed by atoms with E-state index in [0.29, 0.717) is 17.0 Å². The average Bonchev–Trinajstić information content (AvgIpc) is 3.25. The molecule has 3 aromatic carbocycles. The van der Waals surface area contributed by atoms with Gasteiger partial charge in [-0.1, -0.05) is 19.1 Å². The quantitative estimate of drug-likeness (QED) is 0.242. The SMILES string of the molecule is CCCNCC1CN(c2c(-c3cc(C)cc(F)c3)cnc3ccc(-c4cc(F)c5[nH]c(=O)[nH]c5c4)cc23)C1. The Bertz CT molecular complexity index is 1700. The molecule has 1 aliphatic rings. The van der Waals surface area contributed by atoms with Gasteiger partial charge in [0.25, 0.3) is 0 Å². The van der Waals surface area contributed by atoms with Crippen LogP contribution < -0.4 is 15.9 Å². The number of imidazole rings is 1. The van der Waals surface area contributed by atoms with Crippen LogP contribution in [0.15, 0.2) is 59.5 Å². The predicted octanol–water partition coefficient (Wildman–Crippen LogP) is 5.76. The van der Waals surface area contributed by atoms with Crippen molar-refractivity contribution in [1.82, 2.24) is 20.3 Å². The number of nitrogens with one attached hydrogen (secondary N) is 3. The topological polar surface area (TPSA) is 76.8 Å². The predicted molar refractivity (Wildman–Crippen MR) is 149 cm³/mol. The molecular weight excluding hydrogens is 484 g/mol. The van der Waals surface area contributed by atoms with Gasteiger partial charge in [-0.05, 0) is 78.5 Å². The van der Waals surface area contributed by atoms with E-state index >= 15 is 0 Å². The first-order chi connectivity index (χ1) is 18.4. The summed E-state index contributed by atoms with van der Waals surface area (Å²) in [6, 6.07) is 14.1. The van der Waals surface area contributed by atoms with Crippen LogP contribution in [0.1, 0.15) is 18.9 Å². The number of anilines is 1. The number of nitrogens with zero attached hydrogens (tertiary/aromatic N) is 2. The summed E-state index contributed by atoms with van der Waals surface area (Å²) in [5, 5.41) is 4.43. The fourth-order valence-corrected chi connectivity index (χ4v) is 5.43. The molecule has 3 heterocycles. The Morgan fingerprint density at radius 2 is 1.87 bits per heavy atom. The number of pyridine rings is 1. The van der Waals surface area contributed by atoms with Crippen LogP contribution in [0.4, 0.5) is 14.5 Å². The number of benzene rings is 3. The Kier molecular flexibility index (Phi) is 6.19. The molecule has 0 unspecified atom stereocenters. The first kappa shape index (κ1) is 24.3. The second kappa shape index (κ2) is 9.68. The van der Waals surface area contributed by atoms with Crippen molar-refractivity contribution in [2.24, 2.45) is 5.92 Å². The van der Waals surface area contributed by atoms with E-state index in [1.807, 2.05) is 37.4 Å². The number of hydrogen-bond acceptors (Lipinski definition) is 4. The van der Waals surface area contributed by atoms with E-state index in [4.69, 9.17) is 4.98 Å². The van der Waals surface area contributed by atoms with Gasteiger partial charge >= 0.3 is 5.69 Å². The summed E-state index contributed by atoms with van der Waals surface area (Å²) in [5.41, 5.74) is 5.89. The molecule has 6 rings (SSSR count). The Hall–Kier alpha value is -4.04. The second-order valence-electron chi connectivity index (χ2n) is 10.2. The van der Waals surface area contributed by atoms with E-state index in [1.54, 1.807) is 12.1 Å². The molecule has 194 valence electrons. The van der Waals surface area contributed by atoms with Crippen molar-refractivity contribution in [1.29, 1.82) is 0 Å². The summed E-state index contributed by atoms with van der Waals surface area (Å²) >= 11 is 0. The Balaban J connectivity index is 1.48. The number of aromatic nitrogens is 3. The van der Waals surface area contributed by atoms with Gasteiger partial charge in [-0.15, -0.1) is 0 Å². The van der Waals surface area contributed by atoms with Gasteiger partial charge in [-0.3, -0.25) is 4.98 Å². The maximum absolute atomic E-state index is 14.8. The number of halogens is 2. The van der Waals surface area contributed by atoms with Crippen molar-refractivity contribution in [3.05, 3.63) is 82.4 Å². The third-order valence-corrected chi connectivity index (χ3v) is 7.24. The van der Waals surface area contributed by atoms with Gasteiger partial charge in [-0.2, -0.15) is 0 Å². The minimum absolute atomic E-state index is 0.161. The molecule has 2 aromatic heterocycles. The zero-order chi connectivity index (χ0) is 26.4. The van der Waals surface area contributed by atoms with Gasteiger partial charge in [0, 0.05) is 42.7 Å². The van der Waals surface area contributed by atoms with Crippen molar-refractivity contribution in [3.63, 3.8) is 0 Å². The summed E-state index contributed by atoms with van der Waals surface area (Å²) < 4.78 is 29.2. The fraction of sp³-hybridized carbons (Fsp3) is 0.267. The molecular formula is C30H29F2N5O. The molecule has 5 aromatic rings. The number of rotatable bonds is 7. The van der Waals surface area contributed by atoms with Crippen molar-refractivity contribution < 1.29 is 8.78 Å². The van der Waals surface area contributed by atoms with E-state index in [9.17, 15) is 13.6 Å². The van der Waals surface area contributed by atoms with Gasteiger partial charge in [0.05, 0.1) is 16.7 Å². The molecule has 0 spiro atoms. The molecule has 3 N–H and O–H groups in total. The lowest BCUT2D eigenvalue weighted by Crippen LogP contribution is -2.51. The van der Waals surface area contributed by atoms with E-state index < -0.39 is 11.5 Å². The van der Waals surface area contributed by atoms with Crippen molar-refractivity contribution in [3.8, 4) is 22.3 Å². The summed E-state index contributed by atoms with van der Waals surface area (Å²) in [5.74, 6) is -0.255. The lowest BCUT2D eigenvalue weighted by atomic mass is 9.92. The van der Waals surface area contributed by atoms with Gasteiger partial charge in [0.2, 0.25) is 0 Å². The zero-order valence-electron chi connectivity index (χ0n) is 21.4. The minimum Gasteiger partial charge on any atom is -0.370 e. The number of fused-ring (bicyclic) bond motifs is 2. The smallest absolute Gasteiger partial charge is 0.323 e. The van der Waals surface area contributed by atoms with Crippen molar-refractivity contribution >= 4 is 27.6 Å². The standard InChI is InChI=1S/C30H29F2N5O/c1-3-6-33-13-18-15-37(16-18)29-23-10-19(20-11-25(32)28-27(12-20)35-30(38)36-28)4-5-26(23)34-14-24(29)21-7-17(2)8-22(31)9-21/h4-5,7-12,14,18,33H,3,6,13,15-16H2,1-2H3,(H2,35,36,38). The highest BCUT2D eigenvalue weighted by Gasteiger charge is 2.30. The maximum Gasteiger partial charge on any atom is 0.323 e. The number of aromatic amines is 2. The molecule has 1 fully saturated rings. The van der Waals surface area contributed by atoms with Crippen LogP contribution in [0.3, 0.4) is 0 Å². The molecule has 1 saturated heterocycles. The highest BCUT2D eigenvalue weighted by atomic mass is 19.1. The van der Waals surface area contributed by atoms with Crippen LogP contribution in [-0.2, 0) is 0 Å². The summed E-state index contributed by atoms with van der Waals surface area (Å²) in [6.45, 7) is 7.76. The summed E-state index contributed by atoms with van der Waals surface area (Å²) in [4.78, 5) is 23.9. The van der Waals surface area contributed by atoms with E-state index in [-0.39, 0.29) is 11.3 Å². The number of H-pyrrole nitrogens is 2. The van der Waals surface area contributed by atoms with Gasteiger partial charge in [-0.25, -0.2) is 13.6 Å². The van der Waals surface area contributed by atoms with Gasteiger partial charge in [0.15, 0.2) is 0 Å². The zero-order valence-corrected chi connectivity index (χ0v) is 21.4. The summed E-state index contributed by atoms with van der Waals surface area (Å²) in [7, 11) is 0. The molecule has 0 amide bonds. The molecule has 0 radical (unpaired) electrons. The third-order valence-electron chi connectivity index (χ3n) is 7.24. The Morgan fingerprint density at radius 3 is 2.66 bits per heavy atom. The summed E-state index contributed by atoms with van der Waals surface area (Å²) in [6.07, 6.45) is 2.92. The molecule has 6 nitrogen and oxygen atoms in total. The van der Waals surface area contributed by atoms with Crippen LogP contribution >= 0.6 is 0 Å². The minimum atomic E-state index is -0.497. The van der Waals surface area contributed by atoms with Crippen LogP contribution in [0.25, 0.3) is 44.2 Å². The van der Waals surface area contributed by atoms with Crippen LogP contribution in [0, 0.1) is 24.5 Å². The highest BCUT2D eigenvalue weighted by molar-refractivity contribution is 6.02. The van der Waals surface area contributed by atoms with Gasteiger partial charge in [0.1, 0.15) is 17.2 Å². The van der Waals surface area contributed by atoms with E-state index in [0.717, 1.165) is 71.4 Å². The normalized spacial score (nSPS) is 13.9. The average molecular weight is 514 g/mol.